The van der Waals surface area contributed by atoms with Gasteiger partial charge in [-0.2, -0.15) is 0 Å². The molecule has 0 aliphatic heterocycles. The Labute approximate surface area is 94.7 Å². The van der Waals surface area contributed by atoms with Crippen LogP contribution in [0.2, 0.25) is 0 Å². The van der Waals surface area contributed by atoms with Gasteiger partial charge in [-0.1, -0.05) is 26.8 Å². The predicted octanol–water partition coefficient (Wildman–Crippen LogP) is 2.93. The van der Waals surface area contributed by atoms with Crippen molar-refractivity contribution in [3.05, 3.63) is 18.2 Å². The highest BCUT2D eigenvalue weighted by Crippen LogP contribution is 2.30. The molecule has 1 N–H and O–H groups in total. The van der Waals surface area contributed by atoms with Crippen molar-refractivity contribution in [2.75, 3.05) is 5.32 Å². The van der Waals surface area contributed by atoms with E-state index in [4.69, 9.17) is 0 Å². The van der Waals surface area contributed by atoms with Crippen LogP contribution in [0.5, 0.6) is 0 Å². The first-order chi connectivity index (χ1) is 6.87. The van der Waals surface area contributed by atoms with E-state index in [1.54, 1.807) is 17.8 Å². The van der Waals surface area contributed by atoms with Crippen LogP contribution in [0.3, 0.4) is 0 Å². The lowest BCUT2D eigenvalue weighted by atomic mass is 10.3. The highest BCUT2D eigenvalue weighted by atomic mass is 32.2. The smallest absolute Gasteiger partial charge is 0.222 e. The van der Waals surface area contributed by atoms with Crippen LogP contribution >= 0.6 is 11.8 Å². The van der Waals surface area contributed by atoms with E-state index in [2.05, 4.69) is 31.1 Å². The van der Waals surface area contributed by atoms with E-state index in [0.29, 0.717) is 5.82 Å². The lowest BCUT2D eigenvalue weighted by molar-refractivity contribution is -0.114. The highest BCUT2D eigenvalue weighted by Gasteiger charge is 2.13. The molecule has 0 radical (unpaired) electrons. The zero-order valence-electron chi connectivity index (χ0n) is 9.50. The first kappa shape index (κ1) is 12.0. The molecule has 0 aromatic carbocycles. The summed E-state index contributed by atoms with van der Waals surface area (Å²) in [6.45, 7) is 7.87. The van der Waals surface area contributed by atoms with Crippen molar-refractivity contribution in [2.24, 2.45) is 0 Å². The van der Waals surface area contributed by atoms with Crippen LogP contribution < -0.4 is 5.32 Å². The average molecular weight is 224 g/mol. The molecule has 15 heavy (non-hydrogen) atoms. The van der Waals surface area contributed by atoms with E-state index in [1.165, 1.54) is 6.92 Å². The second kappa shape index (κ2) is 4.66. The standard InChI is InChI=1S/C11H16N2OS/c1-8(14)12-9-6-5-7-10(13-9)15-11(2,3)4/h5-7H,1-4H3,(H,12,13,14). The third kappa shape index (κ3) is 4.83. The molecule has 82 valence electrons. The number of pyridine rings is 1. The Balaban J connectivity index is 2.79. The molecule has 0 aliphatic rings. The van der Waals surface area contributed by atoms with Crippen molar-refractivity contribution >= 4 is 23.5 Å². The second-order valence-electron chi connectivity index (χ2n) is 4.26. The van der Waals surface area contributed by atoms with Gasteiger partial charge in [0.2, 0.25) is 5.91 Å². The molecule has 0 saturated carbocycles. The molecule has 4 heteroatoms. The summed E-state index contributed by atoms with van der Waals surface area (Å²) in [5.74, 6) is 0.511. The summed E-state index contributed by atoms with van der Waals surface area (Å²) in [4.78, 5) is 15.2. The van der Waals surface area contributed by atoms with Crippen molar-refractivity contribution in [3.8, 4) is 0 Å². The fraction of sp³-hybridized carbons (Fsp3) is 0.455. The van der Waals surface area contributed by atoms with E-state index in [9.17, 15) is 4.79 Å². The molecule has 0 atom stereocenters. The summed E-state index contributed by atoms with van der Waals surface area (Å²) in [6, 6.07) is 5.63. The summed E-state index contributed by atoms with van der Waals surface area (Å²) in [7, 11) is 0. The molecule has 1 aromatic rings. The minimum absolute atomic E-state index is 0.0968. The molecule has 1 aromatic heterocycles. The number of anilines is 1. The van der Waals surface area contributed by atoms with Gasteiger partial charge < -0.3 is 5.32 Å². The predicted molar refractivity (Wildman–Crippen MR) is 64.2 cm³/mol. The van der Waals surface area contributed by atoms with Crippen molar-refractivity contribution in [1.82, 2.24) is 4.98 Å². The van der Waals surface area contributed by atoms with Gasteiger partial charge in [-0.15, -0.1) is 11.8 Å². The van der Waals surface area contributed by atoms with Crippen LogP contribution in [0.1, 0.15) is 27.7 Å². The maximum absolute atomic E-state index is 10.9. The molecule has 3 nitrogen and oxygen atoms in total. The van der Waals surface area contributed by atoms with Crippen molar-refractivity contribution < 1.29 is 4.79 Å². The summed E-state index contributed by atoms with van der Waals surface area (Å²) in [6.07, 6.45) is 0. The fourth-order valence-electron chi connectivity index (χ4n) is 1.04. The maximum atomic E-state index is 10.9. The minimum Gasteiger partial charge on any atom is -0.311 e. The summed E-state index contributed by atoms with van der Waals surface area (Å²) in [5.41, 5.74) is 0. The van der Waals surface area contributed by atoms with E-state index >= 15 is 0 Å². The minimum atomic E-state index is -0.0968. The number of carbonyl (C=O) groups excluding carboxylic acids is 1. The normalized spacial score (nSPS) is 11.2. The van der Waals surface area contributed by atoms with Crippen LogP contribution in [-0.4, -0.2) is 15.6 Å². The quantitative estimate of drug-likeness (QED) is 0.785. The number of hydrogen-bond acceptors (Lipinski definition) is 3. The van der Waals surface area contributed by atoms with Crippen molar-refractivity contribution in [3.63, 3.8) is 0 Å². The van der Waals surface area contributed by atoms with E-state index in [-0.39, 0.29) is 10.7 Å². The van der Waals surface area contributed by atoms with Crippen LogP contribution in [0.25, 0.3) is 0 Å². The Hall–Kier alpha value is -1.03. The molecule has 0 bridgehead atoms. The van der Waals surface area contributed by atoms with Crippen molar-refractivity contribution in [1.29, 1.82) is 0 Å². The van der Waals surface area contributed by atoms with Crippen LogP contribution in [0.4, 0.5) is 5.82 Å². The zero-order valence-corrected chi connectivity index (χ0v) is 10.3. The highest BCUT2D eigenvalue weighted by molar-refractivity contribution is 8.00. The van der Waals surface area contributed by atoms with Gasteiger partial charge in [-0.05, 0) is 12.1 Å². The summed E-state index contributed by atoms with van der Waals surface area (Å²) in [5, 5.41) is 3.59. The number of nitrogens with one attached hydrogen (secondary N) is 1. The number of nitrogens with zero attached hydrogens (tertiary/aromatic N) is 1. The monoisotopic (exact) mass is 224 g/mol. The van der Waals surface area contributed by atoms with Gasteiger partial charge in [0.1, 0.15) is 5.82 Å². The number of aromatic nitrogens is 1. The molecule has 1 rings (SSSR count). The molecular formula is C11H16N2OS. The van der Waals surface area contributed by atoms with Crippen LogP contribution in [0.15, 0.2) is 23.2 Å². The Kier molecular flexibility index (Phi) is 3.74. The van der Waals surface area contributed by atoms with Crippen LogP contribution in [-0.2, 0) is 4.79 Å². The Morgan fingerprint density at radius 1 is 1.40 bits per heavy atom. The Bertz CT molecular complexity index is 358. The van der Waals surface area contributed by atoms with E-state index in [0.717, 1.165) is 5.03 Å². The topological polar surface area (TPSA) is 42.0 Å². The first-order valence-electron chi connectivity index (χ1n) is 4.80. The summed E-state index contributed by atoms with van der Waals surface area (Å²) < 4.78 is 0.127. The summed E-state index contributed by atoms with van der Waals surface area (Å²) >= 11 is 1.68. The SMILES string of the molecule is CC(=O)Nc1cccc(SC(C)(C)C)n1. The molecule has 1 amide bonds. The number of rotatable bonds is 2. The van der Waals surface area contributed by atoms with Gasteiger partial charge in [-0.25, -0.2) is 4.98 Å². The average Bonchev–Trinajstić information content (AvgIpc) is 1.99. The zero-order chi connectivity index (χ0) is 11.5. The molecule has 0 unspecified atom stereocenters. The fourth-order valence-corrected chi connectivity index (χ4v) is 1.95. The third-order valence-electron chi connectivity index (χ3n) is 1.44. The lowest BCUT2D eigenvalue weighted by Gasteiger charge is -2.16. The maximum Gasteiger partial charge on any atom is 0.222 e. The van der Waals surface area contributed by atoms with Gasteiger partial charge in [0.25, 0.3) is 0 Å². The lowest BCUT2D eigenvalue weighted by Crippen LogP contribution is -2.10. The number of amides is 1. The van der Waals surface area contributed by atoms with E-state index in [1.807, 2.05) is 12.1 Å². The molecule has 0 aliphatic carbocycles. The van der Waals surface area contributed by atoms with E-state index < -0.39 is 0 Å². The van der Waals surface area contributed by atoms with Crippen LogP contribution in [0, 0.1) is 0 Å². The van der Waals surface area contributed by atoms with Gasteiger partial charge in [0.05, 0.1) is 5.03 Å². The number of thioether (sulfide) groups is 1. The third-order valence-corrected chi connectivity index (χ3v) is 2.49. The second-order valence-corrected chi connectivity index (χ2v) is 6.10. The Morgan fingerprint density at radius 2 is 2.07 bits per heavy atom. The molecular weight excluding hydrogens is 208 g/mol. The molecule has 1 heterocycles. The largest absolute Gasteiger partial charge is 0.311 e. The van der Waals surface area contributed by atoms with Gasteiger partial charge >= 0.3 is 0 Å². The van der Waals surface area contributed by atoms with Gasteiger partial charge in [0.15, 0.2) is 0 Å². The van der Waals surface area contributed by atoms with Gasteiger partial charge in [-0.3, -0.25) is 4.79 Å². The number of hydrogen-bond donors (Lipinski definition) is 1. The van der Waals surface area contributed by atoms with Crippen molar-refractivity contribution in [2.45, 2.75) is 37.5 Å². The first-order valence-corrected chi connectivity index (χ1v) is 5.62. The van der Waals surface area contributed by atoms with Gasteiger partial charge in [0, 0.05) is 11.7 Å². The molecule has 0 saturated heterocycles. The molecule has 0 spiro atoms. The molecule has 0 fully saturated rings. The number of carbonyl (C=O) groups is 1. The Morgan fingerprint density at radius 3 is 2.60 bits per heavy atom.